The van der Waals surface area contributed by atoms with Crippen LogP contribution in [-0.4, -0.2) is 26.4 Å². The summed E-state index contributed by atoms with van der Waals surface area (Å²) in [6.07, 6.45) is 0. The second kappa shape index (κ2) is 6.19. The summed E-state index contributed by atoms with van der Waals surface area (Å²) in [5.41, 5.74) is 2.13. The fourth-order valence-corrected chi connectivity index (χ4v) is 2.09. The molecule has 0 heterocycles. The molecule has 0 spiro atoms. The van der Waals surface area contributed by atoms with Gasteiger partial charge in [0.15, 0.2) is 11.5 Å². The Hall–Kier alpha value is -2.36. The zero-order valence-electron chi connectivity index (χ0n) is 12.0. The molecule has 0 saturated heterocycles. The molecule has 1 N–H and O–H groups in total. The minimum atomic E-state index is 0.0288. The Bertz CT molecular complexity index is 544. The number of phenols is 1. The molecule has 0 bridgehead atoms. The first kappa shape index (κ1) is 14.1. The quantitative estimate of drug-likeness (QED) is 0.909. The highest BCUT2D eigenvalue weighted by Crippen LogP contribution is 2.37. The van der Waals surface area contributed by atoms with E-state index in [4.69, 9.17) is 9.47 Å². The highest BCUT2D eigenvalue weighted by Gasteiger charge is 2.12. The van der Waals surface area contributed by atoms with Gasteiger partial charge in [-0.1, -0.05) is 18.2 Å². The highest BCUT2D eigenvalue weighted by atomic mass is 16.5. The van der Waals surface area contributed by atoms with Crippen molar-refractivity contribution in [1.82, 2.24) is 0 Å². The lowest BCUT2D eigenvalue weighted by atomic mass is 10.1. The van der Waals surface area contributed by atoms with Crippen molar-refractivity contribution < 1.29 is 14.6 Å². The van der Waals surface area contributed by atoms with Gasteiger partial charge < -0.3 is 19.5 Å². The maximum absolute atomic E-state index is 9.90. The number of para-hydroxylation sites is 1. The predicted octanol–water partition coefficient (Wildman–Crippen LogP) is 3.05. The number of ether oxygens (including phenoxy) is 2. The van der Waals surface area contributed by atoms with Crippen LogP contribution in [0.25, 0.3) is 0 Å². The Morgan fingerprint density at radius 1 is 1.00 bits per heavy atom. The molecule has 2 aromatic carbocycles. The largest absolute Gasteiger partial charge is 0.502 e. The Labute approximate surface area is 119 Å². The van der Waals surface area contributed by atoms with Crippen LogP contribution in [0.4, 0.5) is 5.69 Å². The third-order valence-electron chi connectivity index (χ3n) is 3.16. The predicted molar refractivity (Wildman–Crippen MR) is 79.8 cm³/mol. The van der Waals surface area contributed by atoms with Crippen molar-refractivity contribution in [1.29, 1.82) is 0 Å². The van der Waals surface area contributed by atoms with Crippen molar-refractivity contribution in [3.8, 4) is 17.2 Å². The first-order valence-electron chi connectivity index (χ1n) is 6.35. The van der Waals surface area contributed by atoms with E-state index in [9.17, 15) is 5.11 Å². The van der Waals surface area contributed by atoms with E-state index in [1.165, 1.54) is 14.2 Å². The minimum absolute atomic E-state index is 0.0288. The topological polar surface area (TPSA) is 41.9 Å². The summed E-state index contributed by atoms with van der Waals surface area (Å²) in [7, 11) is 5.07. The lowest BCUT2D eigenvalue weighted by molar-refractivity contribution is 0.339. The molecule has 4 nitrogen and oxygen atoms in total. The van der Waals surface area contributed by atoms with Crippen LogP contribution in [0.1, 0.15) is 5.56 Å². The maximum atomic E-state index is 9.90. The molecule has 0 aliphatic rings. The number of methoxy groups -OCH3 is 2. The summed E-state index contributed by atoms with van der Waals surface area (Å²) >= 11 is 0. The van der Waals surface area contributed by atoms with Gasteiger partial charge in [-0.25, -0.2) is 0 Å². The van der Waals surface area contributed by atoms with Crippen molar-refractivity contribution in [3.05, 3.63) is 48.0 Å². The molecule has 0 radical (unpaired) electrons. The van der Waals surface area contributed by atoms with Gasteiger partial charge in [0.2, 0.25) is 5.75 Å². The molecule has 0 aliphatic heterocycles. The number of phenolic OH excluding ortho intramolecular Hbond substituents is 1. The van der Waals surface area contributed by atoms with Gasteiger partial charge in [0.1, 0.15) is 0 Å². The van der Waals surface area contributed by atoms with E-state index in [0.717, 1.165) is 11.3 Å². The van der Waals surface area contributed by atoms with Crippen LogP contribution in [0.2, 0.25) is 0 Å². The minimum Gasteiger partial charge on any atom is -0.502 e. The molecule has 106 valence electrons. The van der Waals surface area contributed by atoms with Crippen molar-refractivity contribution in [2.24, 2.45) is 0 Å². The van der Waals surface area contributed by atoms with E-state index in [1.54, 1.807) is 0 Å². The highest BCUT2D eigenvalue weighted by molar-refractivity contribution is 5.54. The van der Waals surface area contributed by atoms with E-state index in [0.29, 0.717) is 18.0 Å². The van der Waals surface area contributed by atoms with Gasteiger partial charge in [-0.15, -0.1) is 0 Å². The second-order valence-electron chi connectivity index (χ2n) is 4.54. The summed E-state index contributed by atoms with van der Waals surface area (Å²) < 4.78 is 10.3. The number of anilines is 1. The molecule has 20 heavy (non-hydrogen) atoms. The summed E-state index contributed by atoms with van der Waals surface area (Å²) in [5, 5.41) is 9.90. The van der Waals surface area contributed by atoms with Gasteiger partial charge in [-0.3, -0.25) is 0 Å². The fraction of sp³-hybridized carbons (Fsp3) is 0.250. The number of nitrogens with zero attached hydrogens (tertiary/aromatic N) is 1. The summed E-state index contributed by atoms with van der Waals surface area (Å²) in [4.78, 5) is 2.12. The lowest BCUT2D eigenvalue weighted by Crippen LogP contribution is -2.16. The summed E-state index contributed by atoms with van der Waals surface area (Å²) in [6.45, 7) is 0.691. The first-order chi connectivity index (χ1) is 9.65. The smallest absolute Gasteiger partial charge is 0.200 e. The third kappa shape index (κ3) is 2.96. The van der Waals surface area contributed by atoms with E-state index < -0.39 is 0 Å². The molecule has 0 aromatic heterocycles. The van der Waals surface area contributed by atoms with E-state index in [2.05, 4.69) is 17.0 Å². The van der Waals surface area contributed by atoms with Gasteiger partial charge in [0.05, 0.1) is 14.2 Å². The van der Waals surface area contributed by atoms with Crippen LogP contribution in [0.3, 0.4) is 0 Å². The van der Waals surface area contributed by atoms with Gasteiger partial charge in [0.25, 0.3) is 0 Å². The number of aromatic hydroxyl groups is 1. The maximum Gasteiger partial charge on any atom is 0.200 e. The average molecular weight is 273 g/mol. The van der Waals surface area contributed by atoms with Crippen molar-refractivity contribution in [2.75, 3.05) is 26.2 Å². The van der Waals surface area contributed by atoms with E-state index >= 15 is 0 Å². The third-order valence-corrected chi connectivity index (χ3v) is 3.16. The average Bonchev–Trinajstić information content (AvgIpc) is 2.49. The Morgan fingerprint density at radius 2 is 1.55 bits per heavy atom. The zero-order chi connectivity index (χ0) is 14.5. The number of hydrogen-bond donors (Lipinski definition) is 1. The molecule has 2 aromatic rings. The Kier molecular flexibility index (Phi) is 4.35. The molecular weight excluding hydrogens is 254 g/mol. The normalized spacial score (nSPS) is 10.2. The van der Waals surface area contributed by atoms with E-state index in [-0.39, 0.29) is 5.75 Å². The standard InChI is InChI=1S/C16H19NO3/c1-17(13-7-5-4-6-8-13)11-12-9-14(19-2)16(18)15(10-12)20-3/h4-10,18H,11H2,1-3H3. The Morgan fingerprint density at radius 3 is 2.05 bits per heavy atom. The molecule has 0 fully saturated rings. The van der Waals surface area contributed by atoms with Crippen LogP contribution in [0.5, 0.6) is 17.2 Å². The molecule has 0 aliphatic carbocycles. The molecular formula is C16H19NO3. The molecule has 0 atom stereocenters. The van der Waals surface area contributed by atoms with Crippen LogP contribution in [-0.2, 0) is 6.54 Å². The number of benzene rings is 2. The van der Waals surface area contributed by atoms with Gasteiger partial charge in [0, 0.05) is 19.3 Å². The van der Waals surface area contributed by atoms with E-state index in [1.807, 2.05) is 37.4 Å². The van der Waals surface area contributed by atoms with Gasteiger partial charge in [-0.05, 0) is 29.8 Å². The van der Waals surface area contributed by atoms with Crippen LogP contribution >= 0.6 is 0 Å². The molecule has 2 rings (SSSR count). The summed E-state index contributed by atoms with van der Waals surface area (Å²) in [5.74, 6) is 0.864. The van der Waals surface area contributed by atoms with Crippen molar-refractivity contribution in [2.45, 2.75) is 6.54 Å². The summed E-state index contributed by atoms with van der Waals surface area (Å²) in [6, 6.07) is 13.7. The SMILES string of the molecule is COc1cc(CN(C)c2ccccc2)cc(OC)c1O. The Balaban J connectivity index is 2.25. The molecule has 0 saturated carbocycles. The molecule has 0 unspecified atom stereocenters. The van der Waals surface area contributed by atoms with Crippen LogP contribution in [0.15, 0.2) is 42.5 Å². The van der Waals surface area contributed by atoms with Gasteiger partial charge >= 0.3 is 0 Å². The second-order valence-corrected chi connectivity index (χ2v) is 4.54. The molecule has 0 amide bonds. The van der Waals surface area contributed by atoms with Crippen LogP contribution < -0.4 is 14.4 Å². The van der Waals surface area contributed by atoms with Gasteiger partial charge in [-0.2, -0.15) is 0 Å². The monoisotopic (exact) mass is 273 g/mol. The lowest BCUT2D eigenvalue weighted by Gasteiger charge is -2.20. The molecule has 4 heteroatoms. The van der Waals surface area contributed by atoms with Crippen molar-refractivity contribution in [3.63, 3.8) is 0 Å². The fourth-order valence-electron chi connectivity index (χ4n) is 2.09. The van der Waals surface area contributed by atoms with Crippen molar-refractivity contribution >= 4 is 5.69 Å². The number of rotatable bonds is 5. The number of hydrogen-bond acceptors (Lipinski definition) is 4. The van der Waals surface area contributed by atoms with Crippen LogP contribution in [0, 0.1) is 0 Å². The first-order valence-corrected chi connectivity index (χ1v) is 6.35. The zero-order valence-corrected chi connectivity index (χ0v) is 12.0.